The minimum absolute atomic E-state index is 0.0721. The Morgan fingerprint density at radius 2 is 1.96 bits per heavy atom. The molecular weight excluding hydrogens is 331 g/mol. The van der Waals surface area contributed by atoms with Gasteiger partial charge in [-0.15, -0.1) is 0 Å². The van der Waals surface area contributed by atoms with Gasteiger partial charge >= 0.3 is 0 Å². The van der Waals surface area contributed by atoms with Crippen molar-refractivity contribution in [3.8, 4) is 0 Å². The van der Waals surface area contributed by atoms with Gasteiger partial charge in [0, 0.05) is 18.7 Å². The maximum absolute atomic E-state index is 13.8. The van der Waals surface area contributed by atoms with Gasteiger partial charge in [-0.05, 0) is 54.2 Å². The number of hydrogen-bond acceptors (Lipinski definition) is 2. The fourth-order valence-electron chi connectivity index (χ4n) is 3.91. The van der Waals surface area contributed by atoms with Crippen LogP contribution in [-0.2, 0) is 22.4 Å². The lowest BCUT2D eigenvalue weighted by atomic mass is 10.1. The second kappa shape index (κ2) is 6.90. The number of carbonyl (C=O) groups excluding carboxylic acids is 2. The Morgan fingerprint density at radius 3 is 2.69 bits per heavy atom. The molecule has 1 aliphatic carbocycles. The first-order valence-electron chi connectivity index (χ1n) is 9.08. The quantitative estimate of drug-likeness (QED) is 0.918. The van der Waals surface area contributed by atoms with Crippen LogP contribution in [0.25, 0.3) is 0 Å². The molecule has 1 atom stereocenters. The molecule has 1 aliphatic heterocycles. The van der Waals surface area contributed by atoms with Crippen LogP contribution < -0.4 is 10.2 Å². The van der Waals surface area contributed by atoms with Gasteiger partial charge in [0.15, 0.2) is 0 Å². The third-order valence-electron chi connectivity index (χ3n) is 5.23. The first kappa shape index (κ1) is 16.8. The van der Waals surface area contributed by atoms with Crippen molar-refractivity contribution < 1.29 is 14.0 Å². The van der Waals surface area contributed by atoms with Gasteiger partial charge in [-0.3, -0.25) is 9.59 Å². The molecule has 0 saturated carbocycles. The molecule has 2 aromatic rings. The van der Waals surface area contributed by atoms with Gasteiger partial charge in [0.05, 0.1) is 12.5 Å². The van der Waals surface area contributed by atoms with E-state index < -0.39 is 0 Å². The maximum Gasteiger partial charge on any atom is 0.227 e. The number of benzene rings is 2. The molecule has 0 aromatic heterocycles. The maximum atomic E-state index is 13.8. The van der Waals surface area contributed by atoms with E-state index in [4.69, 9.17) is 0 Å². The van der Waals surface area contributed by atoms with Crippen molar-refractivity contribution in [3.63, 3.8) is 0 Å². The molecule has 1 saturated heterocycles. The Balaban J connectivity index is 1.39. The fourth-order valence-corrected chi connectivity index (χ4v) is 3.91. The molecule has 134 valence electrons. The van der Waals surface area contributed by atoms with Crippen molar-refractivity contribution in [2.75, 3.05) is 11.4 Å². The summed E-state index contributed by atoms with van der Waals surface area (Å²) in [6, 6.07) is 12.5. The molecule has 1 unspecified atom stereocenters. The summed E-state index contributed by atoms with van der Waals surface area (Å²) >= 11 is 0. The summed E-state index contributed by atoms with van der Waals surface area (Å²) in [5.74, 6) is -0.106. The molecule has 0 bridgehead atoms. The summed E-state index contributed by atoms with van der Waals surface area (Å²) < 4.78 is 13.8. The Morgan fingerprint density at radius 1 is 1.15 bits per heavy atom. The van der Waals surface area contributed by atoms with Crippen molar-refractivity contribution in [2.45, 2.75) is 38.1 Å². The summed E-state index contributed by atoms with van der Waals surface area (Å²) in [5.41, 5.74) is 3.39. The Bertz CT molecular complexity index is 848. The summed E-state index contributed by atoms with van der Waals surface area (Å²) in [5, 5.41) is 3.02. The van der Waals surface area contributed by atoms with Crippen molar-refractivity contribution >= 4 is 17.5 Å². The molecule has 1 N–H and O–H groups in total. The average Bonchev–Trinajstić information content (AvgIpc) is 3.23. The summed E-state index contributed by atoms with van der Waals surface area (Å²) in [6.07, 6.45) is 3.17. The van der Waals surface area contributed by atoms with Crippen molar-refractivity contribution in [2.24, 2.45) is 0 Å². The molecule has 1 fully saturated rings. The highest BCUT2D eigenvalue weighted by Crippen LogP contribution is 2.32. The second-order valence-corrected chi connectivity index (χ2v) is 6.96. The van der Waals surface area contributed by atoms with Crippen LogP contribution in [0, 0.1) is 5.82 Å². The summed E-state index contributed by atoms with van der Waals surface area (Å²) in [4.78, 5) is 26.0. The largest absolute Gasteiger partial charge is 0.349 e. The van der Waals surface area contributed by atoms with E-state index in [1.165, 1.54) is 6.07 Å². The zero-order chi connectivity index (χ0) is 18.1. The number of hydrogen-bond donors (Lipinski definition) is 1. The van der Waals surface area contributed by atoms with Crippen LogP contribution in [0.1, 0.15) is 42.0 Å². The molecule has 2 aliphatic rings. The van der Waals surface area contributed by atoms with Gasteiger partial charge in [0.25, 0.3) is 0 Å². The van der Waals surface area contributed by atoms with Gasteiger partial charge in [-0.1, -0.05) is 24.3 Å². The predicted octanol–water partition coefficient (Wildman–Crippen LogP) is 3.30. The van der Waals surface area contributed by atoms with Crippen LogP contribution in [0.4, 0.5) is 10.1 Å². The van der Waals surface area contributed by atoms with Gasteiger partial charge in [-0.2, -0.15) is 0 Å². The highest BCUT2D eigenvalue weighted by atomic mass is 19.1. The highest BCUT2D eigenvalue weighted by molar-refractivity contribution is 5.95. The lowest BCUT2D eigenvalue weighted by Crippen LogP contribution is -2.28. The van der Waals surface area contributed by atoms with Crippen LogP contribution in [0.2, 0.25) is 0 Å². The SMILES string of the molecule is O=C(Cc1ccc(N2CCCC2=O)cc1)NC1CCc2c(F)cccc21. The molecule has 1 heterocycles. The number of rotatable bonds is 4. The van der Waals surface area contributed by atoms with E-state index >= 15 is 0 Å². The monoisotopic (exact) mass is 352 g/mol. The third-order valence-corrected chi connectivity index (χ3v) is 5.23. The number of halogens is 1. The lowest BCUT2D eigenvalue weighted by molar-refractivity contribution is -0.121. The van der Waals surface area contributed by atoms with E-state index in [1.54, 1.807) is 11.0 Å². The van der Waals surface area contributed by atoms with Crippen LogP contribution in [0.5, 0.6) is 0 Å². The minimum atomic E-state index is -0.189. The van der Waals surface area contributed by atoms with Gasteiger partial charge in [0.2, 0.25) is 11.8 Å². The lowest BCUT2D eigenvalue weighted by Gasteiger charge is -2.16. The zero-order valence-electron chi connectivity index (χ0n) is 14.5. The van der Waals surface area contributed by atoms with E-state index in [-0.39, 0.29) is 30.1 Å². The number of fused-ring (bicyclic) bond motifs is 1. The fraction of sp³-hybridized carbons (Fsp3) is 0.333. The molecule has 4 rings (SSSR count). The number of carbonyl (C=O) groups is 2. The molecule has 26 heavy (non-hydrogen) atoms. The molecule has 5 heteroatoms. The van der Waals surface area contributed by atoms with E-state index in [2.05, 4.69) is 5.32 Å². The molecule has 2 amide bonds. The van der Waals surface area contributed by atoms with Gasteiger partial charge in [0.1, 0.15) is 5.82 Å². The number of nitrogens with zero attached hydrogens (tertiary/aromatic N) is 1. The average molecular weight is 352 g/mol. The van der Waals surface area contributed by atoms with Crippen molar-refractivity contribution in [3.05, 3.63) is 65.0 Å². The van der Waals surface area contributed by atoms with Crippen LogP contribution in [0.15, 0.2) is 42.5 Å². The standard InChI is InChI=1S/C21H21FN2O2/c22-18-4-1-3-17-16(18)10-11-19(17)23-20(25)13-14-6-8-15(9-7-14)24-12-2-5-21(24)26/h1,3-4,6-9,19H,2,5,10-13H2,(H,23,25). The summed E-state index contributed by atoms with van der Waals surface area (Å²) in [6.45, 7) is 0.760. The Labute approximate surface area is 152 Å². The van der Waals surface area contributed by atoms with E-state index in [1.807, 2.05) is 30.3 Å². The van der Waals surface area contributed by atoms with E-state index in [0.29, 0.717) is 12.8 Å². The number of anilines is 1. The minimum Gasteiger partial charge on any atom is -0.349 e. The topological polar surface area (TPSA) is 49.4 Å². The molecule has 0 spiro atoms. The first-order valence-corrected chi connectivity index (χ1v) is 9.08. The van der Waals surface area contributed by atoms with E-state index in [9.17, 15) is 14.0 Å². The molecule has 0 radical (unpaired) electrons. The molecule has 4 nitrogen and oxygen atoms in total. The molecule has 2 aromatic carbocycles. The second-order valence-electron chi connectivity index (χ2n) is 6.96. The normalized spacial score (nSPS) is 18.9. The third kappa shape index (κ3) is 3.21. The van der Waals surface area contributed by atoms with Crippen LogP contribution in [0.3, 0.4) is 0 Å². The van der Waals surface area contributed by atoms with Gasteiger partial charge in [-0.25, -0.2) is 4.39 Å². The smallest absolute Gasteiger partial charge is 0.227 e. The van der Waals surface area contributed by atoms with Crippen LogP contribution >= 0.6 is 0 Å². The van der Waals surface area contributed by atoms with Gasteiger partial charge < -0.3 is 10.2 Å². The number of nitrogens with one attached hydrogen (secondary N) is 1. The number of amides is 2. The van der Waals surface area contributed by atoms with Crippen LogP contribution in [-0.4, -0.2) is 18.4 Å². The Hall–Kier alpha value is -2.69. The highest BCUT2D eigenvalue weighted by Gasteiger charge is 2.26. The van der Waals surface area contributed by atoms with E-state index in [0.717, 1.165) is 41.8 Å². The van der Waals surface area contributed by atoms with Crippen molar-refractivity contribution in [1.29, 1.82) is 0 Å². The first-order chi connectivity index (χ1) is 12.6. The summed E-state index contributed by atoms with van der Waals surface area (Å²) in [7, 11) is 0. The Kier molecular flexibility index (Phi) is 4.45. The predicted molar refractivity (Wildman–Crippen MR) is 97.3 cm³/mol. The zero-order valence-corrected chi connectivity index (χ0v) is 14.5. The molecular formula is C21H21FN2O2. The van der Waals surface area contributed by atoms with Crippen molar-refractivity contribution in [1.82, 2.24) is 5.32 Å².